The third kappa shape index (κ3) is 4.31. The van der Waals surface area contributed by atoms with Gasteiger partial charge in [0.25, 0.3) is 0 Å². The number of ether oxygens (including phenoxy) is 1. The summed E-state index contributed by atoms with van der Waals surface area (Å²) in [6, 6.07) is 1.53. The summed E-state index contributed by atoms with van der Waals surface area (Å²) in [4.78, 5) is 20.3. The van der Waals surface area contributed by atoms with Crippen molar-refractivity contribution in [1.82, 2.24) is 20.2 Å². The lowest BCUT2D eigenvalue weighted by molar-refractivity contribution is 0.262. The Bertz CT molecular complexity index is 1030. The molecule has 1 aromatic carbocycles. The van der Waals surface area contributed by atoms with Crippen molar-refractivity contribution < 1.29 is 18.3 Å². The number of nitrogens with zero attached hydrogens (tertiary/aromatic N) is 4. The van der Waals surface area contributed by atoms with E-state index in [-0.39, 0.29) is 17.4 Å². The monoisotopic (exact) mass is 423 g/mol. The minimum Gasteiger partial charge on any atom is -0.479 e. The van der Waals surface area contributed by atoms with Gasteiger partial charge in [-0.25, -0.2) is 23.5 Å². The second kappa shape index (κ2) is 8.90. The van der Waals surface area contributed by atoms with Crippen molar-refractivity contribution in [1.29, 1.82) is 0 Å². The number of urea groups is 1. The molecule has 0 fully saturated rings. The molecule has 0 aliphatic rings. The maximum absolute atomic E-state index is 14.8. The van der Waals surface area contributed by atoms with Gasteiger partial charge in [0.15, 0.2) is 17.3 Å². The molecule has 12 heteroatoms. The Labute approximate surface area is 169 Å². The number of rotatable bonds is 7. The molecule has 2 amide bonds. The molecule has 29 heavy (non-hydrogen) atoms. The highest BCUT2D eigenvalue weighted by Crippen LogP contribution is 2.32. The number of benzene rings is 1. The Morgan fingerprint density at radius 1 is 1.31 bits per heavy atom. The van der Waals surface area contributed by atoms with E-state index in [1.54, 1.807) is 11.4 Å². The highest BCUT2D eigenvalue weighted by Gasteiger charge is 2.20. The molecule has 0 aliphatic carbocycles. The van der Waals surface area contributed by atoms with Crippen molar-refractivity contribution in [2.45, 2.75) is 13.3 Å². The summed E-state index contributed by atoms with van der Waals surface area (Å²) in [6.45, 7) is 2.00. The quantitative estimate of drug-likeness (QED) is 0.496. The van der Waals surface area contributed by atoms with Crippen LogP contribution in [0.25, 0.3) is 11.0 Å². The van der Waals surface area contributed by atoms with E-state index in [0.29, 0.717) is 11.0 Å². The van der Waals surface area contributed by atoms with Crippen LogP contribution in [0.5, 0.6) is 5.88 Å². The molecule has 9 nitrogen and oxygen atoms in total. The van der Waals surface area contributed by atoms with Gasteiger partial charge in [-0.3, -0.25) is 10.4 Å². The summed E-state index contributed by atoms with van der Waals surface area (Å²) in [5.41, 5.74) is -0.0735. The molecule has 0 spiro atoms. The molecule has 2 heterocycles. The van der Waals surface area contributed by atoms with Gasteiger partial charge in [-0.05, 0) is 18.6 Å². The molecular formula is C17H19F2N7O2S. The fraction of sp³-hybridized carbons (Fsp3) is 0.294. The van der Waals surface area contributed by atoms with Gasteiger partial charge in [0.1, 0.15) is 23.2 Å². The molecule has 3 aromatic rings. The molecule has 0 saturated carbocycles. The number of amides is 2. The first-order valence-corrected chi connectivity index (χ1v) is 9.56. The Balaban J connectivity index is 1.83. The summed E-state index contributed by atoms with van der Waals surface area (Å²) >= 11 is 1.39. The van der Waals surface area contributed by atoms with Crippen molar-refractivity contribution >= 4 is 46.2 Å². The van der Waals surface area contributed by atoms with Crippen LogP contribution in [0.3, 0.4) is 0 Å². The van der Waals surface area contributed by atoms with E-state index in [2.05, 4.69) is 30.8 Å². The molecular weight excluding hydrogens is 404 g/mol. The van der Waals surface area contributed by atoms with E-state index >= 15 is 0 Å². The smallest absolute Gasteiger partial charge is 0.325 e. The Hall–Kier alpha value is -3.15. The van der Waals surface area contributed by atoms with E-state index in [9.17, 15) is 13.6 Å². The van der Waals surface area contributed by atoms with Crippen LogP contribution in [-0.2, 0) is 0 Å². The van der Waals surface area contributed by atoms with Gasteiger partial charge >= 0.3 is 6.03 Å². The van der Waals surface area contributed by atoms with Gasteiger partial charge in [0.2, 0.25) is 5.88 Å². The van der Waals surface area contributed by atoms with Crippen molar-refractivity contribution in [2.75, 3.05) is 34.8 Å². The zero-order valence-corrected chi connectivity index (χ0v) is 16.7. The number of halogens is 2. The first kappa shape index (κ1) is 20.6. The van der Waals surface area contributed by atoms with Crippen LogP contribution in [0.4, 0.5) is 30.8 Å². The molecule has 154 valence electrons. The normalized spacial score (nSPS) is 10.8. The highest BCUT2D eigenvalue weighted by atomic mass is 32.2. The molecule has 3 N–H and O–H groups in total. The molecule has 0 radical (unpaired) electrons. The predicted molar refractivity (Wildman–Crippen MR) is 108 cm³/mol. The number of carbonyl (C=O) groups is 1. The maximum atomic E-state index is 14.8. The number of nitrogens with one attached hydrogen (secondary N) is 3. The van der Waals surface area contributed by atoms with Gasteiger partial charge in [0.05, 0.1) is 12.8 Å². The minimum absolute atomic E-state index is 0.0747. The van der Waals surface area contributed by atoms with Crippen LogP contribution in [0.15, 0.2) is 18.5 Å². The van der Waals surface area contributed by atoms with Crippen LogP contribution in [0.1, 0.15) is 13.3 Å². The summed E-state index contributed by atoms with van der Waals surface area (Å²) < 4.78 is 35.7. The van der Waals surface area contributed by atoms with Gasteiger partial charge < -0.3 is 14.4 Å². The van der Waals surface area contributed by atoms with E-state index in [4.69, 9.17) is 4.74 Å². The summed E-state index contributed by atoms with van der Waals surface area (Å²) in [5.74, 6) is -0.758. The maximum Gasteiger partial charge on any atom is 0.325 e. The molecule has 0 aliphatic heterocycles. The average Bonchev–Trinajstić information content (AvgIpc) is 3.13. The molecule has 3 rings (SSSR count). The average molecular weight is 423 g/mol. The van der Waals surface area contributed by atoms with Crippen molar-refractivity contribution in [3.05, 3.63) is 30.1 Å². The molecule has 0 saturated heterocycles. The van der Waals surface area contributed by atoms with Crippen LogP contribution in [0, 0.1) is 11.6 Å². The molecule has 0 bridgehead atoms. The lowest BCUT2D eigenvalue weighted by Crippen LogP contribution is -2.22. The van der Waals surface area contributed by atoms with Gasteiger partial charge in [-0.15, -0.1) is 5.10 Å². The number of hydrogen-bond acceptors (Lipinski definition) is 7. The van der Waals surface area contributed by atoms with E-state index < -0.39 is 23.4 Å². The lowest BCUT2D eigenvalue weighted by atomic mass is 10.2. The summed E-state index contributed by atoms with van der Waals surface area (Å²) in [5, 5.41) is 11.5. The van der Waals surface area contributed by atoms with E-state index in [1.807, 2.05) is 6.92 Å². The number of carbonyl (C=O) groups excluding carboxylic acids is 1. The van der Waals surface area contributed by atoms with Crippen LogP contribution in [0.2, 0.25) is 0 Å². The lowest BCUT2D eigenvalue weighted by Gasteiger charge is -2.20. The fourth-order valence-corrected chi connectivity index (χ4v) is 3.26. The molecule has 2 aromatic heterocycles. The first-order valence-electron chi connectivity index (χ1n) is 8.62. The van der Waals surface area contributed by atoms with E-state index in [0.717, 1.165) is 18.2 Å². The summed E-state index contributed by atoms with van der Waals surface area (Å²) in [6.07, 6.45) is 2.10. The molecule has 0 atom stereocenters. The number of anilines is 3. The first-order chi connectivity index (χ1) is 14.0. The SMILES string of the molecule is CCCSN(C)c1ccc(F)c(NC(=O)Nc2ncnc3[nH]nc(OC)c23)c1F. The van der Waals surface area contributed by atoms with Crippen LogP contribution < -0.4 is 19.7 Å². The second-order valence-electron chi connectivity index (χ2n) is 5.84. The van der Waals surface area contributed by atoms with Crippen molar-refractivity contribution in [2.24, 2.45) is 0 Å². The number of aromatic nitrogens is 4. The fourth-order valence-electron chi connectivity index (χ4n) is 2.52. The predicted octanol–water partition coefficient (Wildman–Crippen LogP) is 3.78. The second-order valence-corrected chi connectivity index (χ2v) is 7.06. The van der Waals surface area contributed by atoms with Gasteiger partial charge in [0, 0.05) is 12.8 Å². The van der Waals surface area contributed by atoms with Crippen LogP contribution >= 0.6 is 11.9 Å². The number of aromatic amines is 1. The van der Waals surface area contributed by atoms with Gasteiger partial charge in [-0.2, -0.15) is 0 Å². The Kier molecular flexibility index (Phi) is 6.32. The largest absolute Gasteiger partial charge is 0.479 e. The third-order valence-corrected chi connectivity index (χ3v) is 5.06. The number of fused-ring (bicyclic) bond motifs is 1. The van der Waals surface area contributed by atoms with E-state index in [1.165, 1.54) is 31.5 Å². The number of hydrogen-bond donors (Lipinski definition) is 3. The summed E-state index contributed by atoms with van der Waals surface area (Å²) in [7, 11) is 3.07. The number of H-pyrrole nitrogens is 1. The Morgan fingerprint density at radius 3 is 2.83 bits per heavy atom. The zero-order chi connectivity index (χ0) is 21.0. The van der Waals surface area contributed by atoms with Gasteiger partial charge in [-0.1, -0.05) is 18.9 Å². The number of methoxy groups -OCH3 is 1. The van der Waals surface area contributed by atoms with Crippen LogP contribution in [-0.4, -0.2) is 46.1 Å². The molecule has 0 unspecified atom stereocenters. The topological polar surface area (TPSA) is 108 Å². The zero-order valence-electron chi connectivity index (χ0n) is 15.9. The Morgan fingerprint density at radius 2 is 2.10 bits per heavy atom. The third-order valence-electron chi connectivity index (χ3n) is 3.89. The minimum atomic E-state index is -0.899. The standard InChI is InChI=1S/C17H19F2N7O2S/c1-4-7-29-26(2)10-6-5-9(18)13(12(10)19)22-17(27)23-14-11-15(21-8-20-14)24-25-16(11)28-3/h5-6,8H,4,7H2,1-3H3,(H3,20,21,22,23,24,25,27). The van der Waals surface area contributed by atoms with Crippen molar-refractivity contribution in [3.8, 4) is 5.88 Å². The highest BCUT2D eigenvalue weighted by molar-refractivity contribution is 8.00. The van der Waals surface area contributed by atoms with Crippen molar-refractivity contribution in [3.63, 3.8) is 0 Å².